The van der Waals surface area contributed by atoms with Crippen LogP contribution in [-0.4, -0.2) is 35.7 Å². The minimum absolute atomic E-state index is 0.0260. The van der Waals surface area contributed by atoms with E-state index >= 15 is 0 Å². The largest absolute Gasteiger partial charge is 0.342 e. The van der Waals surface area contributed by atoms with Crippen LogP contribution in [0.15, 0.2) is 29.2 Å². The van der Waals surface area contributed by atoms with Crippen molar-refractivity contribution in [2.24, 2.45) is 17.6 Å². The van der Waals surface area contributed by atoms with E-state index in [2.05, 4.69) is 0 Å². The highest BCUT2D eigenvalue weighted by Crippen LogP contribution is 2.24. The molecule has 5 heteroatoms. The van der Waals surface area contributed by atoms with Crippen molar-refractivity contribution in [3.05, 3.63) is 30.1 Å². The lowest BCUT2D eigenvalue weighted by molar-refractivity contribution is -0.135. The summed E-state index contributed by atoms with van der Waals surface area (Å²) in [6.07, 6.45) is 2.00. The molecule has 2 atom stereocenters. The SMILES string of the molecule is CC(CSc1ccc(F)cc1)C(=O)N1CCC(C(C)N)CC1. The smallest absolute Gasteiger partial charge is 0.226 e. The first-order valence-electron chi connectivity index (χ1n) is 7.90. The van der Waals surface area contributed by atoms with Gasteiger partial charge in [-0.15, -0.1) is 11.8 Å². The number of piperidine rings is 1. The molecule has 1 heterocycles. The quantitative estimate of drug-likeness (QED) is 0.847. The lowest BCUT2D eigenvalue weighted by Gasteiger charge is -2.35. The molecule has 1 aromatic carbocycles. The first-order valence-corrected chi connectivity index (χ1v) is 8.88. The number of carbonyl (C=O) groups excluding carboxylic acids is 1. The number of benzene rings is 1. The predicted molar refractivity (Wildman–Crippen MR) is 89.2 cm³/mol. The zero-order chi connectivity index (χ0) is 16.1. The Morgan fingerprint density at radius 1 is 1.32 bits per heavy atom. The fourth-order valence-electron chi connectivity index (χ4n) is 2.78. The summed E-state index contributed by atoms with van der Waals surface area (Å²) < 4.78 is 12.9. The molecule has 2 unspecified atom stereocenters. The van der Waals surface area contributed by atoms with Crippen LogP contribution < -0.4 is 5.73 Å². The van der Waals surface area contributed by atoms with Gasteiger partial charge < -0.3 is 10.6 Å². The third-order valence-electron chi connectivity index (χ3n) is 4.33. The number of thioether (sulfide) groups is 1. The Bertz CT molecular complexity index is 484. The molecule has 0 aromatic heterocycles. The maximum atomic E-state index is 12.9. The Morgan fingerprint density at radius 2 is 1.91 bits per heavy atom. The number of halogens is 1. The van der Waals surface area contributed by atoms with E-state index in [0.29, 0.717) is 5.92 Å². The Balaban J connectivity index is 1.78. The molecule has 1 aromatic rings. The highest BCUT2D eigenvalue weighted by molar-refractivity contribution is 7.99. The number of nitrogens with zero attached hydrogens (tertiary/aromatic N) is 1. The summed E-state index contributed by atoms with van der Waals surface area (Å²) in [7, 11) is 0. The van der Waals surface area contributed by atoms with Crippen LogP contribution >= 0.6 is 11.8 Å². The Kier molecular flexibility index (Phi) is 6.26. The van der Waals surface area contributed by atoms with Crippen LogP contribution in [0.25, 0.3) is 0 Å². The van der Waals surface area contributed by atoms with E-state index in [1.165, 1.54) is 12.1 Å². The summed E-state index contributed by atoms with van der Waals surface area (Å²) >= 11 is 1.60. The fraction of sp³-hybridized carbons (Fsp3) is 0.588. The molecule has 1 saturated heterocycles. The maximum Gasteiger partial charge on any atom is 0.226 e. The van der Waals surface area contributed by atoms with E-state index in [9.17, 15) is 9.18 Å². The molecule has 2 N–H and O–H groups in total. The molecule has 22 heavy (non-hydrogen) atoms. The van der Waals surface area contributed by atoms with Crippen LogP contribution in [0, 0.1) is 17.7 Å². The Morgan fingerprint density at radius 3 is 2.45 bits per heavy atom. The van der Waals surface area contributed by atoms with Gasteiger partial charge in [-0.2, -0.15) is 0 Å². The van der Waals surface area contributed by atoms with Gasteiger partial charge in [0.15, 0.2) is 0 Å². The lowest BCUT2D eigenvalue weighted by atomic mass is 9.90. The molecule has 0 bridgehead atoms. The number of hydrogen-bond donors (Lipinski definition) is 1. The zero-order valence-corrected chi connectivity index (χ0v) is 14.1. The van der Waals surface area contributed by atoms with E-state index < -0.39 is 0 Å². The van der Waals surface area contributed by atoms with Crippen LogP contribution in [0.2, 0.25) is 0 Å². The molecule has 2 rings (SSSR count). The highest BCUT2D eigenvalue weighted by atomic mass is 32.2. The van der Waals surface area contributed by atoms with Gasteiger partial charge in [0.2, 0.25) is 5.91 Å². The molecule has 1 aliphatic rings. The van der Waals surface area contributed by atoms with E-state index in [1.54, 1.807) is 23.9 Å². The normalized spacial score (nSPS) is 19.0. The molecular formula is C17H25FN2OS. The second-order valence-electron chi connectivity index (χ2n) is 6.19. The van der Waals surface area contributed by atoms with Crippen molar-refractivity contribution in [1.29, 1.82) is 0 Å². The predicted octanol–water partition coefficient (Wildman–Crippen LogP) is 3.14. The van der Waals surface area contributed by atoms with Crippen LogP contribution in [0.4, 0.5) is 4.39 Å². The van der Waals surface area contributed by atoms with Crippen LogP contribution in [0.1, 0.15) is 26.7 Å². The van der Waals surface area contributed by atoms with Crippen molar-refractivity contribution in [2.45, 2.75) is 37.6 Å². The molecular weight excluding hydrogens is 299 g/mol. The number of likely N-dealkylation sites (tertiary alicyclic amines) is 1. The Labute approximate surface area is 136 Å². The van der Waals surface area contributed by atoms with Crippen molar-refractivity contribution >= 4 is 17.7 Å². The second-order valence-corrected chi connectivity index (χ2v) is 7.28. The minimum Gasteiger partial charge on any atom is -0.342 e. The summed E-state index contributed by atoms with van der Waals surface area (Å²) in [6, 6.07) is 6.63. The van der Waals surface area contributed by atoms with Crippen molar-refractivity contribution < 1.29 is 9.18 Å². The molecule has 0 saturated carbocycles. The lowest BCUT2D eigenvalue weighted by Crippen LogP contribution is -2.44. The van der Waals surface area contributed by atoms with Gasteiger partial charge in [0.1, 0.15) is 5.82 Å². The molecule has 122 valence electrons. The average molecular weight is 324 g/mol. The second kappa shape index (κ2) is 7.97. The van der Waals surface area contributed by atoms with Gasteiger partial charge in [0, 0.05) is 35.7 Å². The summed E-state index contributed by atoms with van der Waals surface area (Å²) in [6.45, 7) is 5.65. The Hall–Kier alpha value is -1.07. The third kappa shape index (κ3) is 4.71. The van der Waals surface area contributed by atoms with E-state index in [4.69, 9.17) is 5.73 Å². The summed E-state index contributed by atoms with van der Waals surface area (Å²) in [5.41, 5.74) is 5.94. The van der Waals surface area contributed by atoms with Gasteiger partial charge in [-0.3, -0.25) is 4.79 Å². The van der Waals surface area contributed by atoms with Crippen LogP contribution in [0.3, 0.4) is 0 Å². The summed E-state index contributed by atoms with van der Waals surface area (Å²) in [4.78, 5) is 15.4. The molecule has 0 aliphatic carbocycles. The monoisotopic (exact) mass is 324 g/mol. The number of nitrogens with two attached hydrogens (primary N) is 1. The first-order chi connectivity index (χ1) is 10.5. The average Bonchev–Trinajstić information content (AvgIpc) is 2.53. The number of amides is 1. The number of carbonyl (C=O) groups is 1. The fourth-order valence-corrected chi connectivity index (χ4v) is 3.69. The van der Waals surface area contributed by atoms with Crippen LogP contribution in [-0.2, 0) is 4.79 Å². The summed E-state index contributed by atoms with van der Waals surface area (Å²) in [5, 5.41) is 0. The van der Waals surface area contributed by atoms with Gasteiger partial charge in [0.05, 0.1) is 0 Å². The molecule has 1 fully saturated rings. The van der Waals surface area contributed by atoms with E-state index in [1.807, 2.05) is 18.7 Å². The van der Waals surface area contributed by atoms with Crippen molar-refractivity contribution in [3.8, 4) is 0 Å². The molecule has 0 spiro atoms. The molecule has 0 radical (unpaired) electrons. The van der Waals surface area contributed by atoms with Gasteiger partial charge in [-0.25, -0.2) is 4.39 Å². The van der Waals surface area contributed by atoms with Gasteiger partial charge in [0.25, 0.3) is 0 Å². The molecule has 1 aliphatic heterocycles. The van der Waals surface area contributed by atoms with Crippen molar-refractivity contribution in [1.82, 2.24) is 4.90 Å². The van der Waals surface area contributed by atoms with Crippen LogP contribution in [0.5, 0.6) is 0 Å². The highest BCUT2D eigenvalue weighted by Gasteiger charge is 2.27. The third-order valence-corrected chi connectivity index (χ3v) is 5.60. The standard InChI is InChI=1S/C17H25FN2OS/c1-12(11-22-16-5-3-15(18)4-6-16)17(21)20-9-7-14(8-10-20)13(2)19/h3-6,12-14H,7-11,19H2,1-2H3. The molecule has 1 amide bonds. The summed E-state index contributed by atoms with van der Waals surface area (Å²) in [5.74, 6) is 1.22. The van der Waals surface area contributed by atoms with E-state index in [0.717, 1.165) is 36.6 Å². The first kappa shape index (κ1) is 17.3. The number of hydrogen-bond acceptors (Lipinski definition) is 3. The van der Waals surface area contributed by atoms with Gasteiger partial charge >= 0.3 is 0 Å². The van der Waals surface area contributed by atoms with E-state index in [-0.39, 0.29) is 23.7 Å². The minimum atomic E-state index is -0.231. The van der Waals surface area contributed by atoms with Crippen molar-refractivity contribution in [3.63, 3.8) is 0 Å². The molecule has 3 nitrogen and oxygen atoms in total. The number of rotatable bonds is 5. The van der Waals surface area contributed by atoms with Gasteiger partial charge in [-0.1, -0.05) is 6.92 Å². The zero-order valence-electron chi connectivity index (χ0n) is 13.3. The topological polar surface area (TPSA) is 46.3 Å². The van der Waals surface area contributed by atoms with Gasteiger partial charge in [-0.05, 0) is 49.9 Å². The maximum absolute atomic E-state index is 12.9. The van der Waals surface area contributed by atoms with Crippen molar-refractivity contribution in [2.75, 3.05) is 18.8 Å².